The number of carbonyl (C=O) groups excluding carboxylic acids is 1. The van der Waals surface area contributed by atoms with E-state index in [-0.39, 0.29) is 24.0 Å². The zero-order valence-electron chi connectivity index (χ0n) is 16.7. The Morgan fingerprint density at radius 1 is 1.21 bits per heavy atom. The Kier molecular flexibility index (Phi) is 6.57. The van der Waals surface area contributed by atoms with Gasteiger partial charge in [0.2, 0.25) is 0 Å². The molecule has 1 heterocycles. The van der Waals surface area contributed by atoms with Crippen LogP contribution in [-0.4, -0.2) is 42.9 Å². The molecule has 2 aromatic carbocycles. The monoisotopic (exact) mass is 419 g/mol. The summed E-state index contributed by atoms with van der Waals surface area (Å²) in [5.74, 6) is -0.282. The van der Waals surface area contributed by atoms with Gasteiger partial charge in [-0.05, 0) is 43.5 Å². The van der Waals surface area contributed by atoms with Crippen LogP contribution in [0.25, 0.3) is 0 Å². The first-order valence-corrected chi connectivity index (χ1v) is 11.6. The third-order valence-corrected chi connectivity index (χ3v) is 6.97. The molecule has 0 aliphatic carbocycles. The van der Waals surface area contributed by atoms with Gasteiger partial charge in [-0.1, -0.05) is 37.3 Å². The Balaban J connectivity index is 1.79. The van der Waals surface area contributed by atoms with Crippen molar-refractivity contribution in [2.75, 3.05) is 11.5 Å². The Morgan fingerprint density at radius 3 is 2.48 bits per heavy atom. The molecule has 2 aromatic rings. The number of rotatable bonds is 7. The smallest absolute Gasteiger partial charge is 0.263 e. The van der Waals surface area contributed by atoms with Crippen molar-refractivity contribution in [2.45, 2.75) is 45.4 Å². The third kappa shape index (κ3) is 5.35. The van der Waals surface area contributed by atoms with Crippen LogP contribution in [0.3, 0.4) is 0 Å². The molecule has 0 saturated carbocycles. The fraction of sp³-hybridized carbons (Fsp3) is 0.409. The summed E-state index contributed by atoms with van der Waals surface area (Å²) < 4.78 is 43.9. The highest BCUT2D eigenvalue weighted by Crippen LogP contribution is 2.23. The summed E-state index contributed by atoms with van der Waals surface area (Å²) in [6.07, 6.45) is 0.430. The third-order valence-electron chi connectivity index (χ3n) is 5.22. The average molecular weight is 420 g/mol. The minimum absolute atomic E-state index is 0.00810. The molecule has 1 amide bonds. The zero-order chi connectivity index (χ0) is 21.0. The van der Waals surface area contributed by atoms with Crippen molar-refractivity contribution in [2.24, 2.45) is 0 Å². The van der Waals surface area contributed by atoms with Crippen molar-refractivity contribution in [3.63, 3.8) is 0 Å². The molecule has 1 aliphatic heterocycles. The van der Waals surface area contributed by atoms with Crippen LogP contribution >= 0.6 is 0 Å². The molecule has 1 saturated heterocycles. The van der Waals surface area contributed by atoms with E-state index in [1.54, 1.807) is 25.1 Å². The van der Waals surface area contributed by atoms with E-state index in [0.29, 0.717) is 17.7 Å². The predicted molar refractivity (Wildman–Crippen MR) is 110 cm³/mol. The summed E-state index contributed by atoms with van der Waals surface area (Å²) in [4.78, 5) is 14.6. The first-order chi connectivity index (χ1) is 13.8. The van der Waals surface area contributed by atoms with E-state index in [1.165, 1.54) is 11.0 Å². The first kappa shape index (κ1) is 21.3. The van der Waals surface area contributed by atoms with Crippen LogP contribution in [0.4, 0.5) is 4.39 Å². The molecular weight excluding hydrogens is 393 g/mol. The number of nitrogens with zero attached hydrogens (tertiary/aromatic N) is 1. The molecule has 0 aromatic heterocycles. The summed E-state index contributed by atoms with van der Waals surface area (Å²) in [6, 6.07) is 13.2. The van der Waals surface area contributed by atoms with Gasteiger partial charge in [0.05, 0.1) is 11.5 Å². The van der Waals surface area contributed by atoms with E-state index in [2.05, 4.69) is 6.92 Å². The Hall–Kier alpha value is -2.41. The standard InChI is InChI=1S/C22H26FNO4S/c1-3-17-8-10-20(11-9-17)28-16(2)22(25)24(19-12-13-29(26,27)15-19)14-18-6-4-5-7-21(18)23/h4-11,16,19H,3,12-15H2,1-2H3/t16-,19+/m1/s1. The maximum atomic E-state index is 14.2. The van der Waals surface area contributed by atoms with Gasteiger partial charge >= 0.3 is 0 Å². The molecule has 156 valence electrons. The molecule has 0 spiro atoms. The van der Waals surface area contributed by atoms with Crippen LogP contribution in [-0.2, 0) is 27.6 Å². The zero-order valence-corrected chi connectivity index (χ0v) is 17.5. The summed E-state index contributed by atoms with van der Waals surface area (Å²) in [6.45, 7) is 3.69. The van der Waals surface area contributed by atoms with Gasteiger partial charge in [0.1, 0.15) is 11.6 Å². The number of carbonyl (C=O) groups is 1. The normalized spacial score (nSPS) is 18.9. The lowest BCUT2D eigenvalue weighted by Crippen LogP contribution is -2.46. The maximum Gasteiger partial charge on any atom is 0.263 e. The molecule has 5 nitrogen and oxygen atoms in total. The second-order valence-electron chi connectivity index (χ2n) is 7.37. The number of benzene rings is 2. The molecule has 3 rings (SSSR count). The number of ether oxygens (including phenoxy) is 1. The number of amides is 1. The van der Waals surface area contributed by atoms with Crippen LogP contribution in [0.5, 0.6) is 5.75 Å². The molecular formula is C22H26FNO4S. The van der Waals surface area contributed by atoms with E-state index in [9.17, 15) is 17.6 Å². The average Bonchev–Trinajstić information content (AvgIpc) is 3.07. The lowest BCUT2D eigenvalue weighted by molar-refractivity contribution is -0.140. The second-order valence-corrected chi connectivity index (χ2v) is 9.60. The number of aryl methyl sites for hydroxylation is 1. The first-order valence-electron chi connectivity index (χ1n) is 9.79. The molecule has 29 heavy (non-hydrogen) atoms. The highest BCUT2D eigenvalue weighted by Gasteiger charge is 2.37. The van der Waals surface area contributed by atoms with Gasteiger partial charge in [-0.15, -0.1) is 0 Å². The van der Waals surface area contributed by atoms with Crippen LogP contribution in [0, 0.1) is 5.82 Å². The lowest BCUT2D eigenvalue weighted by Gasteiger charge is -2.31. The van der Waals surface area contributed by atoms with Crippen molar-refractivity contribution in [1.82, 2.24) is 4.90 Å². The predicted octanol–water partition coefficient (Wildman–Crippen LogP) is 3.37. The van der Waals surface area contributed by atoms with Gasteiger partial charge < -0.3 is 9.64 Å². The van der Waals surface area contributed by atoms with E-state index < -0.39 is 27.8 Å². The molecule has 0 N–H and O–H groups in total. The van der Waals surface area contributed by atoms with Crippen LogP contribution in [0.15, 0.2) is 48.5 Å². The van der Waals surface area contributed by atoms with E-state index in [4.69, 9.17) is 4.74 Å². The van der Waals surface area contributed by atoms with Crippen molar-refractivity contribution < 1.29 is 22.3 Å². The minimum atomic E-state index is -3.20. The van der Waals surface area contributed by atoms with Gasteiger partial charge in [0, 0.05) is 18.2 Å². The number of halogens is 1. The van der Waals surface area contributed by atoms with Crippen LogP contribution < -0.4 is 4.74 Å². The molecule has 7 heteroatoms. The van der Waals surface area contributed by atoms with Gasteiger partial charge in [0.25, 0.3) is 5.91 Å². The van der Waals surface area contributed by atoms with Crippen LogP contribution in [0.2, 0.25) is 0 Å². The van der Waals surface area contributed by atoms with E-state index in [1.807, 2.05) is 24.3 Å². The Labute approximate surface area is 171 Å². The van der Waals surface area contributed by atoms with Gasteiger partial charge in [-0.25, -0.2) is 12.8 Å². The minimum Gasteiger partial charge on any atom is -0.481 e. The van der Waals surface area contributed by atoms with Gasteiger partial charge in [-0.2, -0.15) is 0 Å². The number of hydrogen-bond acceptors (Lipinski definition) is 4. The maximum absolute atomic E-state index is 14.2. The summed E-state index contributed by atoms with van der Waals surface area (Å²) in [7, 11) is -3.20. The topological polar surface area (TPSA) is 63.7 Å². The second kappa shape index (κ2) is 8.95. The highest BCUT2D eigenvalue weighted by molar-refractivity contribution is 7.91. The van der Waals surface area contributed by atoms with Gasteiger partial charge in [0.15, 0.2) is 15.9 Å². The van der Waals surface area contributed by atoms with Crippen molar-refractivity contribution >= 4 is 15.7 Å². The number of sulfone groups is 1. The van der Waals surface area contributed by atoms with E-state index in [0.717, 1.165) is 12.0 Å². The quantitative estimate of drug-likeness (QED) is 0.690. The molecule has 0 unspecified atom stereocenters. The van der Waals surface area contributed by atoms with Crippen LogP contribution in [0.1, 0.15) is 31.4 Å². The van der Waals surface area contributed by atoms with Crippen molar-refractivity contribution in [3.05, 3.63) is 65.5 Å². The fourth-order valence-electron chi connectivity index (χ4n) is 3.51. The molecule has 0 radical (unpaired) electrons. The van der Waals surface area contributed by atoms with Crippen molar-refractivity contribution in [1.29, 1.82) is 0 Å². The SMILES string of the molecule is CCc1ccc(O[C@H](C)C(=O)N(Cc2ccccc2F)[C@H]2CCS(=O)(=O)C2)cc1. The lowest BCUT2D eigenvalue weighted by atomic mass is 10.1. The summed E-state index contributed by atoms with van der Waals surface area (Å²) in [5.41, 5.74) is 1.51. The Bertz CT molecular complexity index is 959. The fourth-order valence-corrected chi connectivity index (χ4v) is 5.24. The molecule has 1 aliphatic rings. The Morgan fingerprint density at radius 2 is 1.90 bits per heavy atom. The highest BCUT2D eigenvalue weighted by atomic mass is 32.2. The van der Waals surface area contributed by atoms with Gasteiger partial charge in [-0.3, -0.25) is 4.79 Å². The van der Waals surface area contributed by atoms with E-state index >= 15 is 0 Å². The summed E-state index contributed by atoms with van der Waals surface area (Å²) in [5, 5.41) is 0. The van der Waals surface area contributed by atoms with Crippen molar-refractivity contribution in [3.8, 4) is 5.75 Å². The molecule has 0 bridgehead atoms. The number of hydrogen-bond donors (Lipinski definition) is 0. The summed E-state index contributed by atoms with van der Waals surface area (Å²) >= 11 is 0. The largest absolute Gasteiger partial charge is 0.481 e. The molecule has 2 atom stereocenters. The molecule has 1 fully saturated rings.